The van der Waals surface area contributed by atoms with Crippen molar-refractivity contribution in [3.05, 3.63) is 35.9 Å². The second-order valence-electron chi connectivity index (χ2n) is 8.08. The van der Waals surface area contributed by atoms with E-state index in [0.29, 0.717) is 12.2 Å². The standard InChI is InChI=1S/C21H32N2O2.ClH/c1-16-8-10-18(11-9-16)25-19-12-14-23(15-13-19)20(24)21(2,22)17-6-4-3-5-7-17;/h3-7,16,18-19H,8-15,22H2,1-2H3;1H. The molecule has 1 atom stereocenters. The van der Waals surface area contributed by atoms with Gasteiger partial charge in [-0.25, -0.2) is 0 Å². The third-order valence-electron chi connectivity index (χ3n) is 5.89. The largest absolute Gasteiger partial charge is 0.375 e. The topological polar surface area (TPSA) is 55.6 Å². The molecule has 1 aromatic carbocycles. The van der Waals surface area contributed by atoms with E-state index in [2.05, 4.69) is 6.92 Å². The molecule has 1 saturated carbocycles. The van der Waals surface area contributed by atoms with Crippen molar-refractivity contribution >= 4 is 18.3 Å². The van der Waals surface area contributed by atoms with Crippen molar-refractivity contribution < 1.29 is 9.53 Å². The molecule has 4 nitrogen and oxygen atoms in total. The van der Waals surface area contributed by atoms with Crippen molar-refractivity contribution in [2.24, 2.45) is 11.7 Å². The lowest BCUT2D eigenvalue weighted by molar-refractivity contribution is -0.140. The number of amides is 1. The Hall–Kier alpha value is -1.10. The maximum atomic E-state index is 12.9. The normalized spacial score (nSPS) is 26.7. The third-order valence-corrected chi connectivity index (χ3v) is 5.89. The first-order valence-corrected chi connectivity index (χ1v) is 9.76. The van der Waals surface area contributed by atoms with E-state index in [9.17, 15) is 4.79 Å². The molecule has 1 unspecified atom stereocenters. The fourth-order valence-electron chi connectivity index (χ4n) is 4.07. The summed E-state index contributed by atoms with van der Waals surface area (Å²) in [5, 5.41) is 0. The highest BCUT2D eigenvalue weighted by molar-refractivity contribution is 5.87. The fourth-order valence-corrected chi connectivity index (χ4v) is 4.07. The minimum atomic E-state index is -0.964. The van der Waals surface area contributed by atoms with E-state index >= 15 is 0 Å². The van der Waals surface area contributed by atoms with Crippen LogP contribution in [0.5, 0.6) is 0 Å². The molecule has 0 spiro atoms. The Balaban J connectivity index is 0.00000243. The Labute approximate surface area is 163 Å². The summed E-state index contributed by atoms with van der Waals surface area (Å²) < 4.78 is 6.31. The molecular weight excluding hydrogens is 348 g/mol. The number of hydrogen-bond acceptors (Lipinski definition) is 3. The van der Waals surface area contributed by atoms with Crippen LogP contribution >= 0.6 is 12.4 Å². The molecule has 2 fully saturated rings. The van der Waals surface area contributed by atoms with Gasteiger partial charge in [0.05, 0.1) is 12.2 Å². The molecule has 1 heterocycles. The van der Waals surface area contributed by atoms with Crippen LogP contribution < -0.4 is 5.73 Å². The molecule has 1 amide bonds. The molecule has 26 heavy (non-hydrogen) atoms. The minimum absolute atomic E-state index is 0. The average molecular weight is 381 g/mol. The van der Waals surface area contributed by atoms with Crippen molar-refractivity contribution in [3.63, 3.8) is 0 Å². The third kappa shape index (κ3) is 4.99. The van der Waals surface area contributed by atoms with E-state index in [-0.39, 0.29) is 18.3 Å². The lowest BCUT2D eigenvalue weighted by Crippen LogP contribution is -2.53. The number of nitrogens with two attached hydrogens (primary N) is 1. The Morgan fingerprint density at radius 3 is 2.15 bits per heavy atom. The summed E-state index contributed by atoms with van der Waals surface area (Å²) in [6.45, 7) is 5.63. The number of halogens is 1. The molecule has 146 valence electrons. The van der Waals surface area contributed by atoms with Crippen molar-refractivity contribution in [2.45, 2.75) is 70.1 Å². The van der Waals surface area contributed by atoms with E-state index in [1.807, 2.05) is 42.2 Å². The minimum Gasteiger partial charge on any atom is -0.375 e. The number of likely N-dealkylation sites (tertiary alicyclic amines) is 1. The molecule has 0 aromatic heterocycles. The predicted octanol–water partition coefficient (Wildman–Crippen LogP) is 3.87. The smallest absolute Gasteiger partial charge is 0.246 e. The highest BCUT2D eigenvalue weighted by Gasteiger charge is 2.36. The van der Waals surface area contributed by atoms with Gasteiger partial charge in [0.2, 0.25) is 5.91 Å². The first-order chi connectivity index (χ1) is 12.0. The summed E-state index contributed by atoms with van der Waals surface area (Å²) in [4.78, 5) is 14.8. The van der Waals surface area contributed by atoms with Gasteiger partial charge in [-0.15, -0.1) is 12.4 Å². The van der Waals surface area contributed by atoms with Gasteiger partial charge in [0.25, 0.3) is 0 Å². The predicted molar refractivity (Wildman–Crippen MR) is 107 cm³/mol. The van der Waals surface area contributed by atoms with Gasteiger partial charge in [-0.3, -0.25) is 4.79 Å². The van der Waals surface area contributed by atoms with Gasteiger partial charge in [0.1, 0.15) is 5.54 Å². The van der Waals surface area contributed by atoms with Crippen molar-refractivity contribution in [1.29, 1.82) is 0 Å². The summed E-state index contributed by atoms with van der Waals surface area (Å²) >= 11 is 0. The lowest BCUT2D eigenvalue weighted by Gasteiger charge is -2.38. The van der Waals surface area contributed by atoms with E-state index < -0.39 is 5.54 Å². The van der Waals surface area contributed by atoms with Crippen LogP contribution in [0.25, 0.3) is 0 Å². The van der Waals surface area contributed by atoms with Gasteiger partial charge in [-0.2, -0.15) is 0 Å². The van der Waals surface area contributed by atoms with Gasteiger partial charge in [-0.05, 0) is 56.9 Å². The fraction of sp³-hybridized carbons (Fsp3) is 0.667. The van der Waals surface area contributed by atoms with E-state index in [0.717, 1.165) is 37.4 Å². The lowest BCUT2D eigenvalue weighted by atomic mass is 9.88. The average Bonchev–Trinajstić information content (AvgIpc) is 2.64. The molecule has 2 N–H and O–H groups in total. The summed E-state index contributed by atoms with van der Waals surface area (Å²) in [5.74, 6) is 0.864. The van der Waals surface area contributed by atoms with Crippen LogP contribution in [-0.4, -0.2) is 36.1 Å². The summed E-state index contributed by atoms with van der Waals surface area (Å²) in [5.41, 5.74) is 6.29. The summed E-state index contributed by atoms with van der Waals surface area (Å²) in [6.07, 6.45) is 7.50. The number of benzene rings is 1. The van der Waals surface area contributed by atoms with Gasteiger partial charge < -0.3 is 15.4 Å². The number of rotatable bonds is 4. The molecular formula is C21H33ClN2O2. The van der Waals surface area contributed by atoms with Crippen LogP contribution in [0.4, 0.5) is 0 Å². The highest BCUT2D eigenvalue weighted by atomic mass is 35.5. The number of hydrogen-bond donors (Lipinski definition) is 1. The number of piperidine rings is 1. The van der Waals surface area contributed by atoms with Gasteiger partial charge in [0.15, 0.2) is 0 Å². The van der Waals surface area contributed by atoms with Crippen LogP contribution in [-0.2, 0) is 15.1 Å². The molecule has 1 aliphatic heterocycles. The molecule has 0 radical (unpaired) electrons. The van der Waals surface area contributed by atoms with E-state index in [4.69, 9.17) is 10.5 Å². The monoisotopic (exact) mass is 380 g/mol. The molecule has 5 heteroatoms. The van der Waals surface area contributed by atoms with Crippen molar-refractivity contribution in [1.82, 2.24) is 4.90 Å². The molecule has 1 aliphatic carbocycles. The second-order valence-corrected chi connectivity index (χ2v) is 8.08. The van der Waals surface area contributed by atoms with Crippen LogP contribution in [0.1, 0.15) is 57.9 Å². The van der Waals surface area contributed by atoms with Crippen molar-refractivity contribution in [2.75, 3.05) is 13.1 Å². The number of carbonyl (C=O) groups is 1. The maximum Gasteiger partial charge on any atom is 0.246 e. The first-order valence-electron chi connectivity index (χ1n) is 9.76. The van der Waals surface area contributed by atoms with Crippen molar-refractivity contribution in [3.8, 4) is 0 Å². The zero-order valence-corrected chi connectivity index (χ0v) is 16.8. The van der Waals surface area contributed by atoms with Crippen LogP contribution in [0.3, 0.4) is 0 Å². The maximum absolute atomic E-state index is 12.9. The Kier molecular flexibility index (Phi) is 7.51. The molecule has 2 aliphatic rings. The van der Waals surface area contributed by atoms with Crippen LogP contribution in [0.2, 0.25) is 0 Å². The van der Waals surface area contributed by atoms with Gasteiger partial charge >= 0.3 is 0 Å². The number of ether oxygens (including phenoxy) is 1. The summed E-state index contributed by atoms with van der Waals surface area (Å²) in [7, 11) is 0. The van der Waals surface area contributed by atoms with E-state index in [1.54, 1.807) is 0 Å². The number of carbonyl (C=O) groups excluding carboxylic acids is 1. The second kappa shape index (κ2) is 9.20. The molecule has 1 aromatic rings. The quantitative estimate of drug-likeness (QED) is 0.862. The Bertz CT molecular complexity index is 563. The van der Waals surface area contributed by atoms with E-state index in [1.165, 1.54) is 25.7 Å². The van der Waals surface area contributed by atoms with Crippen LogP contribution in [0.15, 0.2) is 30.3 Å². The van der Waals surface area contributed by atoms with Gasteiger partial charge in [0, 0.05) is 13.1 Å². The van der Waals surface area contributed by atoms with Gasteiger partial charge in [-0.1, -0.05) is 37.3 Å². The van der Waals surface area contributed by atoms with Crippen LogP contribution in [0, 0.1) is 5.92 Å². The molecule has 1 saturated heterocycles. The first kappa shape index (κ1) is 21.2. The zero-order chi connectivity index (χ0) is 17.9. The highest BCUT2D eigenvalue weighted by Crippen LogP contribution is 2.29. The molecule has 0 bridgehead atoms. The Morgan fingerprint density at radius 1 is 1.04 bits per heavy atom. The zero-order valence-electron chi connectivity index (χ0n) is 16.0. The Morgan fingerprint density at radius 2 is 1.58 bits per heavy atom. The molecule has 3 rings (SSSR count). The SMILES string of the molecule is CC1CCC(OC2CCN(C(=O)C(C)(N)c3ccccc3)CC2)CC1.Cl. The summed E-state index contributed by atoms with van der Waals surface area (Å²) in [6, 6.07) is 9.66. The number of nitrogens with zero attached hydrogens (tertiary/aromatic N) is 1.